The van der Waals surface area contributed by atoms with Gasteiger partial charge in [0, 0.05) is 139 Å². The van der Waals surface area contributed by atoms with Crippen LogP contribution in [-0.4, -0.2) is 118 Å². The van der Waals surface area contributed by atoms with Gasteiger partial charge in [-0.05, 0) is 93.8 Å². The molecular formula is C55H54F2N14O2. The summed E-state index contributed by atoms with van der Waals surface area (Å²) in [5, 5.41) is 13.6. The maximum atomic E-state index is 12.4. The summed E-state index contributed by atoms with van der Waals surface area (Å²) in [5.74, 6) is -0.200. The third-order valence-electron chi connectivity index (χ3n) is 12.4. The summed E-state index contributed by atoms with van der Waals surface area (Å²) in [4.78, 5) is 60.6. The van der Waals surface area contributed by atoms with E-state index in [0.717, 1.165) is 91.1 Å². The first-order valence-electron chi connectivity index (χ1n) is 23.8. The summed E-state index contributed by atoms with van der Waals surface area (Å²) in [6, 6.07) is 34.8. The van der Waals surface area contributed by atoms with Crippen molar-refractivity contribution in [3.8, 4) is 22.5 Å². The highest BCUT2D eigenvalue weighted by atomic mass is 19.3. The number of fused-ring (bicyclic) bond motifs is 2. The zero-order chi connectivity index (χ0) is 50.8. The number of likely N-dealkylation sites (N-methyl/N-ethyl adjacent to an activating group) is 2. The van der Waals surface area contributed by atoms with Crippen molar-refractivity contribution in [2.24, 2.45) is 0 Å². The molecule has 4 aromatic heterocycles. The van der Waals surface area contributed by atoms with E-state index in [1.54, 1.807) is 37.6 Å². The van der Waals surface area contributed by atoms with Crippen molar-refractivity contribution < 1.29 is 18.4 Å². The molecule has 4 N–H and O–H groups in total. The number of hydrogen-bond donors (Lipinski definition) is 4. The molecule has 10 rings (SSSR count). The van der Waals surface area contributed by atoms with Crippen LogP contribution in [0.1, 0.15) is 6.92 Å². The van der Waals surface area contributed by atoms with Crippen molar-refractivity contribution in [2.75, 3.05) is 97.5 Å². The average molecular weight is 981 g/mol. The Hall–Kier alpha value is -8.74. The van der Waals surface area contributed by atoms with E-state index in [0.29, 0.717) is 45.7 Å². The molecule has 2 aliphatic rings. The molecule has 0 radical (unpaired) electrons. The van der Waals surface area contributed by atoms with Crippen molar-refractivity contribution in [3.05, 3.63) is 158 Å². The molecule has 0 saturated carbocycles. The number of pyridine rings is 2. The van der Waals surface area contributed by atoms with Crippen LogP contribution in [0.15, 0.2) is 158 Å². The molecule has 4 aromatic carbocycles. The number of nitrogens with zero attached hydrogens (tertiary/aromatic N) is 10. The van der Waals surface area contributed by atoms with Crippen LogP contribution < -0.4 is 31.1 Å². The highest BCUT2D eigenvalue weighted by Gasteiger charge is 2.17. The molecular weight excluding hydrogens is 927 g/mol. The fourth-order valence-electron chi connectivity index (χ4n) is 8.37. The number of hydrogen-bond acceptors (Lipinski definition) is 14. The number of amides is 2. The minimum absolute atomic E-state index is 0.225. The number of rotatable bonds is 12. The molecule has 2 aliphatic heterocycles. The Labute approximate surface area is 421 Å². The van der Waals surface area contributed by atoms with Crippen molar-refractivity contribution in [3.63, 3.8) is 0 Å². The van der Waals surface area contributed by atoms with Gasteiger partial charge in [0.1, 0.15) is 0 Å². The molecule has 18 heteroatoms. The smallest absolute Gasteiger partial charge is 0.275 e. The fourth-order valence-corrected chi connectivity index (χ4v) is 8.37. The van der Waals surface area contributed by atoms with Crippen molar-refractivity contribution >= 4 is 79.6 Å². The maximum Gasteiger partial charge on any atom is 0.275 e. The van der Waals surface area contributed by atoms with Gasteiger partial charge in [-0.1, -0.05) is 43.0 Å². The molecule has 2 fully saturated rings. The Morgan fingerprint density at radius 1 is 0.562 bits per heavy atom. The topological polar surface area (TPSA) is 173 Å². The van der Waals surface area contributed by atoms with Crippen LogP contribution >= 0.6 is 0 Å². The maximum absolute atomic E-state index is 12.4. The van der Waals surface area contributed by atoms with E-state index >= 15 is 0 Å². The van der Waals surface area contributed by atoms with Gasteiger partial charge >= 0.3 is 0 Å². The molecule has 2 amide bonds. The molecule has 16 nitrogen and oxygen atoms in total. The number of para-hydroxylation sites is 2. The summed E-state index contributed by atoms with van der Waals surface area (Å²) in [7, 11) is 4.30. The molecule has 370 valence electrons. The van der Waals surface area contributed by atoms with Crippen LogP contribution in [0.4, 0.5) is 54.8 Å². The summed E-state index contributed by atoms with van der Waals surface area (Å²) in [6.07, 6.45) is 4.88. The third kappa shape index (κ3) is 12.6. The van der Waals surface area contributed by atoms with Crippen molar-refractivity contribution in [1.82, 2.24) is 39.7 Å². The average Bonchev–Trinajstić information content (AvgIpc) is 3.39. The van der Waals surface area contributed by atoms with E-state index in [1.165, 1.54) is 23.6 Å². The first-order chi connectivity index (χ1) is 35.4. The second kappa shape index (κ2) is 22.6. The first kappa shape index (κ1) is 49.2. The SMILES string of the molecule is C=C(C)C(=O)Nc1ccnc(-c2cccc3cnc(Nc4ccc(N5CCN(C)CC5)cc4)nc23)c1.CN1CCN(c2ccc(Nc3ncc4cccc(-c5cc(NC(=O)C=C(F)F)ccn5)c4n3)cc2)CC1. The molecule has 0 spiro atoms. The zero-order valence-corrected chi connectivity index (χ0v) is 40.7. The van der Waals surface area contributed by atoms with Gasteiger partial charge in [0.25, 0.3) is 17.9 Å². The monoisotopic (exact) mass is 980 g/mol. The van der Waals surface area contributed by atoms with Gasteiger partial charge in [-0.25, -0.2) is 19.9 Å². The number of nitrogens with one attached hydrogen (secondary N) is 4. The first-order valence-corrected chi connectivity index (χ1v) is 23.8. The fraction of sp³-hybridized carbons (Fsp3) is 0.200. The number of anilines is 8. The van der Waals surface area contributed by atoms with E-state index < -0.39 is 12.0 Å². The molecule has 0 unspecified atom stereocenters. The Morgan fingerprint density at radius 3 is 1.42 bits per heavy atom. The van der Waals surface area contributed by atoms with Crippen LogP contribution in [-0.2, 0) is 9.59 Å². The number of benzene rings is 4. The van der Waals surface area contributed by atoms with Crippen LogP contribution in [0, 0.1) is 0 Å². The van der Waals surface area contributed by atoms with Gasteiger partial charge in [0.15, 0.2) is 0 Å². The van der Waals surface area contributed by atoms with Gasteiger partial charge in [0.05, 0.1) is 28.5 Å². The molecule has 0 aliphatic carbocycles. The lowest BCUT2D eigenvalue weighted by atomic mass is 10.1. The summed E-state index contributed by atoms with van der Waals surface area (Å²) in [6.45, 7) is 13.7. The summed E-state index contributed by atoms with van der Waals surface area (Å²) < 4.78 is 24.8. The van der Waals surface area contributed by atoms with E-state index in [4.69, 9.17) is 9.97 Å². The normalized spacial score (nSPS) is 13.9. The minimum Gasteiger partial charge on any atom is -0.369 e. The minimum atomic E-state index is -2.06. The lowest BCUT2D eigenvalue weighted by Crippen LogP contribution is -2.44. The summed E-state index contributed by atoms with van der Waals surface area (Å²) in [5.41, 5.74) is 9.90. The highest BCUT2D eigenvalue weighted by Crippen LogP contribution is 2.31. The lowest BCUT2D eigenvalue weighted by Gasteiger charge is -2.34. The van der Waals surface area contributed by atoms with Crippen LogP contribution in [0.3, 0.4) is 0 Å². The van der Waals surface area contributed by atoms with Gasteiger partial charge < -0.3 is 40.9 Å². The van der Waals surface area contributed by atoms with E-state index in [1.807, 2.05) is 54.6 Å². The number of halogens is 2. The molecule has 8 aromatic rings. The van der Waals surface area contributed by atoms with Gasteiger partial charge in [-0.2, -0.15) is 8.78 Å². The molecule has 6 heterocycles. The van der Waals surface area contributed by atoms with Gasteiger partial charge in [-0.15, -0.1) is 0 Å². The predicted octanol–water partition coefficient (Wildman–Crippen LogP) is 9.61. The van der Waals surface area contributed by atoms with Gasteiger partial charge in [-0.3, -0.25) is 19.6 Å². The number of piperazine rings is 2. The second-order valence-electron chi connectivity index (χ2n) is 17.8. The Kier molecular flexibility index (Phi) is 15.2. The number of carbonyl (C=O) groups excluding carboxylic acids is 2. The van der Waals surface area contributed by atoms with Crippen LogP contribution in [0.25, 0.3) is 44.3 Å². The number of carbonyl (C=O) groups is 2. The molecule has 2 saturated heterocycles. The lowest BCUT2D eigenvalue weighted by molar-refractivity contribution is -0.113. The summed E-state index contributed by atoms with van der Waals surface area (Å²) >= 11 is 0. The van der Waals surface area contributed by atoms with Crippen LogP contribution in [0.5, 0.6) is 0 Å². The predicted molar refractivity (Wildman–Crippen MR) is 287 cm³/mol. The Morgan fingerprint density at radius 2 is 1.00 bits per heavy atom. The van der Waals surface area contributed by atoms with E-state index in [9.17, 15) is 18.4 Å². The van der Waals surface area contributed by atoms with Crippen molar-refractivity contribution in [1.29, 1.82) is 0 Å². The molecule has 0 bridgehead atoms. The van der Waals surface area contributed by atoms with E-state index in [2.05, 4.69) is 118 Å². The van der Waals surface area contributed by atoms with Gasteiger partial charge in [0.2, 0.25) is 11.9 Å². The van der Waals surface area contributed by atoms with Crippen molar-refractivity contribution in [2.45, 2.75) is 6.92 Å². The molecule has 0 atom stereocenters. The Balaban J connectivity index is 0.000000180. The standard InChI is InChI=1S/C28H29N7O.C27H25F2N7O/c1-19(2)27(36)31-22-11-12-29-25(17-22)24-6-4-5-20-18-30-28(33-26(20)24)32-21-7-9-23(10-8-21)35-15-13-34(3)14-16-35;1-35-11-13-36(14-12-35)21-7-5-19(6-8-21)33-27-31-17-18-3-2-4-22(26(18)34-27)23-15-20(9-10-30-23)32-25(37)16-24(28)29/h4-12,17-18H,1,13-16H2,2-3H3,(H,29,31,36)(H,30,32,33);2-10,15-17H,11-14H2,1H3,(H,30,32,37)(H,31,33,34). The molecule has 73 heavy (non-hydrogen) atoms. The third-order valence-corrected chi connectivity index (χ3v) is 12.4. The largest absolute Gasteiger partial charge is 0.369 e. The van der Waals surface area contributed by atoms with E-state index in [-0.39, 0.29) is 12.0 Å². The second-order valence-corrected chi connectivity index (χ2v) is 17.8. The highest BCUT2D eigenvalue weighted by molar-refractivity contribution is 6.03. The Bertz CT molecular complexity index is 3300. The number of aromatic nitrogens is 6. The van der Waals surface area contributed by atoms with Crippen LogP contribution in [0.2, 0.25) is 0 Å². The zero-order valence-electron chi connectivity index (χ0n) is 40.7. The quantitative estimate of drug-likeness (QED) is 0.0853.